The third kappa shape index (κ3) is 1.91. The van der Waals surface area contributed by atoms with Crippen molar-refractivity contribution in [2.75, 3.05) is 0 Å². The summed E-state index contributed by atoms with van der Waals surface area (Å²) in [7, 11) is 0. The van der Waals surface area contributed by atoms with Gasteiger partial charge < -0.3 is 18.1 Å². The van der Waals surface area contributed by atoms with Crippen LogP contribution >= 0.6 is 0 Å². The smallest absolute Gasteiger partial charge is 0.508 e. The number of benzene rings is 2. The molecule has 1 N–H and O–H groups in total. The van der Waals surface area contributed by atoms with Crippen LogP contribution in [-0.4, -0.2) is 12.1 Å². The predicted octanol–water partition coefficient (Wildman–Crippen LogP) is 2.60. The lowest BCUT2D eigenvalue weighted by Gasteiger charge is -2.15. The minimum Gasteiger partial charge on any atom is -0.508 e. The van der Waals surface area contributed by atoms with Gasteiger partial charge >= 0.3 is 6.98 Å². The van der Waals surface area contributed by atoms with Crippen molar-refractivity contribution in [1.82, 2.24) is 0 Å². The monoisotopic (exact) mass is 211 g/mol. The Morgan fingerprint density at radius 1 is 0.867 bits per heavy atom. The number of fused-ring (bicyclic) bond motifs is 1. The van der Waals surface area contributed by atoms with Gasteiger partial charge in [-0.05, 0) is 22.9 Å². The van der Waals surface area contributed by atoms with Crippen LogP contribution in [0.5, 0.6) is 5.75 Å². The van der Waals surface area contributed by atoms with Crippen LogP contribution < -0.4 is 5.46 Å². The summed E-state index contributed by atoms with van der Waals surface area (Å²) in [6, 6.07) is 7.85. The summed E-state index contributed by atoms with van der Waals surface area (Å²) in [5.74, 6) is -0.0330. The van der Waals surface area contributed by atoms with E-state index < -0.39 is 12.4 Å². The van der Waals surface area contributed by atoms with Crippen LogP contribution in [0.1, 0.15) is 0 Å². The second-order valence-electron chi connectivity index (χ2n) is 3.37. The molecule has 0 aromatic heterocycles. The molecular formula is C10H7BF3O-. The van der Waals surface area contributed by atoms with E-state index in [-0.39, 0.29) is 5.75 Å². The number of phenols is 1. The van der Waals surface area contributed by atoms with Crippen molar-refractivity contribution in [1.29, 1.82) is 0 Å². The standard InChI is InChI=1S/C10H7BF3O/c12-11(13,14)9-3-1-7-2-4-10(15)6-8(7)5-9/h1-6,15H/q-1. The zero-order valence-electron chi connectivity index (χ0n) is 7.62. The third-order valence-corrected chi connectivity index (χ3v) is 2.23. The predicted molar refractivity (Wildman–Crippen MR) is 54.3 cm³/mol. The SMILES string of the molecule is Oc1ccc2ccc([B-](F)(F)F)cc2c1. The molecule has 5 heteroatoms. The van der Waals surface area contributed by atoms with Gasteiger partial charge in [0.25, 0.3) is 0 Å². The Bertz CT molecular complexity index is 507. The molecule has 0 saturated heterocycles. The first kappa shape index (κ1) is 9.89. The van der Waals surface area contributed by atoms with Crippen molar-refractivity contribution in [3.05, 3.63) is 36.4 Å². The summed E-state index contributed by atoms with van der Waals surface area (Å²) in [5, 5.41) is 10.2. The third-order valence-electron chi connectivity index (χ3n) is 2.23. The maximum Gasteiger partial charge on any atom is 0.509 e. The molecule has 2 aromatic rings. The van der Waals surface area contributed by atoms with E-state index in [0.717, 1.165) is 12.1 Å². The summed E-state index contributed by atoms with van der Waals surface area (Å²) in [4.78, 5) is 0. The van der Waals surface area contributed by atoms with E-state index >= 15 is 0 Å². The minimum atomic E-state index is -4.98. The summed E-state index contributed by atoms with van der Waals surface area (Å²) in [6.07, 6.45) is 0. The summed E-state index contributed by atoms with van der Waals surface area (Å²) in [5.41, 5.74) is -0.645. The molecule has 0 amide bonds. The Hall–Kier alpha value is -1.65. The van der Waals surface area contributed by atoms with Gasteiger partial charge in [-0.15, -0.1) is 5.46 Å². The molecule has 2 rings (SSSR count). The van der Waals surface area contributed by atoms with Crippen molar-refractivity contribution >= 4 is 23.2 Å². The number of phenolic OH excluding ortho intramolecular Hbond substituents is 1. The van der Waals surface area contributed by atoms with Crippen molar-refractivity contribution in [2.45, 2.75) is 0 Å². The van der Waals surface area contributed by atoms with Crippen LogP contribution in [0.15, 0.2) is 36.4 Å². The molecule has 15 heavy (non-hydrogen) atoms. The number of halogens is 3. The quantitative estimate of drug-likeness (QED) is 0.718. The highest BCUT2D eigenvalue weighted by atomic mass is 19.4. The van der Waals surface area contributed by atoms with Gasteiger partial charge in [0, 0.05) is 0 Å². The highest BCUT2D eigenvalue weighted by molar-refractivity contribution is 6.73. The van der Waals surface area contributed by atoms with E-state index in [1.807, 2.05) is 0 Å². The fraction of sp³-hybridized carbons (Fsp3) is 0. The van der Waals surface area contributed by atoms with E-state index in [9.17, 15) is 12.9 Å². The van der Waals surface area contributed by atoms with Gasteiger partial charge in [-0.25, -0.2) is 0 Å². The molecule has 0 atom stereocenters. The number of rotatable bonds is 1. The molecule has 0 aliphatic heterocycles. The normalized spacial score (nSPS) is 11.9. The molecule has 0 heterocycles. The molecule has 0 spiro atoms. The van der Waals surface area contributed by atoms with Crippen LogP contribution in [0.4, 0.5) is 12.9 Å². The maximum atomic E-state index is 12.4. The zero-order valence-corrected chi connectivity index (χ0v) is 7.62. The first-order chi connectivity index (χ1) is 6.97. The zero-order chi connectivity index (χ0) is 11.1. The maximum absolute atomic E-state index is 12.4. The number of hydrogen-bond acceptors (Lipinski definition) is 1. The molecular weight excluding hydrogens is 204 g/mol. The fourth-order valence-corrected chi connectivity index (χ4v) is 1.46. The van der Waals surface area contributed by atoms with Crippen LogP contribution in [0, 0.1) is 0 Å². The van der Waals surface area contributed by atoms with Gasteiger partial charge in [0.1, 0.15) is 5.75 Å². The summed E-state index contributed by atoms with van der Waals surface area (Å²) >= 11 is 0. The first-order valence-electron chi connectivity index (χ1n) is 4.39. The Morgan fingerprint density at radius 2 is 1.53 bits per heavy atom. The van der Waals surface area contributed by atoms with Crippen LogP contribution in [0.2, 0.25) is 0 Å². The second kappa shape index (κ2) is 3.19. The van der Waals surface area contributed by atoms with Gasteiger partial charge in [0.15, 0.2) is 0 Å². The number of hydrogen-bond donors (Lipinski definition) is 1. The Morgan fingerprint density at radius 3 is 2.20 bits per heavy atom. The lowest BCUT2D eigenvalue weighted by atomic mass is 9.79. The Labute approximate surface area is 84.2 Å². The molecule has 0 bridgehead atoms. The molecule has 0 saturated carbocycles. The van der Waals surface area contributed by atoms with E-state index in [1.54, 1.807) is 6.07 Å². The molecule has 0 aliphatic rings. The van der Waals surface area contributed by atoms with Crippen molar-refractivity contribution in [3.8, 4) is 5.75 Å². The van der Waals surface area contributed by atoms with Crippen LogP contribution in [0.3, 0.4) is 0 Å². The van der Waals surface area contributed by atoms with Gasteiger partial charge in [-0.2, -0.15) is 0 Å². The largest absolute Gasteiger partial charge is 0.509 e. The van der Waals surface area contributed by atoms with E-state index in [0.29, 0.717) is 10.8 Å². The molecule has 0 fully saturated rings. The van der Waals surface area contributed by atoms with Crippen molar-refractivity contribution in [2.24, 2.45) is 0 Å². The molecule has 78 valence electrons. The molecule has 1 nitrogen and oxygen atoms in total. The van der Waals surface area contributed by atoms with E-state index in [4.69, 9.17) is 5.11 Å². The first-order valence-corrected chi connectivity index (χ1v) is 4.39. The van der Waals surface area contributed by atoms with Crippen molar-refractivity contribution < 1.29 is 18.1 Å². The molecule has 0 aliphatic carbocycles. The Balaban J connectivity index is 2.64. The average molecular weight is 211 g/mol. The number of aromatic hydroxyl groups is 1. The fourth-order valence-electron chi connectivity index (χ4n) is 1.46. The van der Waals surface area contributed by atoms with Crippen LogP contribution in [0.25, 0.3) is 10.8 Å². The van der Waals surface area contributed by atoms with E-state index in [2.05, 4.69) is 0 Å². The van der Waals surface area contributed by atoms with Gasteiger partial charge in [-0.1, -0.05) is 24.3 Å². The molecule has 2 aromatic carbocycles. The van der Waals surface area contributed by atoms with Gasteiger partial charge in [0.2, 0.25) is 0 Å². The molecule has 0 unspecified atom stereocenters. The van der Waals surface area contributed by atoms with Gasteiger partial charge in [0.05, 0.1) is 0 Å². The van der Waals surface area contributed by atoms with Crippen LogP contribution in [-0.2, 0) is 0 Å². The molecule has 0 radical (unpaired) electrons. The highest BCUT2D eigenvalue weighted by Crippen LogP contribution is 2.20. The summed E-state index contributed by atoms with van der Waals surface area (Å²) < 4.78 is 37.2. The second-order valence-corrected chi connectivity index (χ2v) is 3.37. The lowest BCUT2D eigenvalue weighted by Crippen LogP contribution is -2.33. The highest BCUT2D eigenvalue weighted by Gasteiger charge is 2.25. The Kier molecular flexibility index (Phi) is 2.10. The van der Waals surface area contributed by atoms with Crippen molar-refractivity contribution in [3.63, 3.8) is 0 Å². The van der Waals surface area contributed by atoms with Gasteiger partial charge in [-0.3, -0.25) is 0 Å². The van der Waals surface area contributed by atoms with E-state index in [1.165, 1.54) is 18.2 Å². The average Bonchev–Trinajstić information content (AvgIpc) is 2.15. The summed E-state index contributed by atoms with van der Waals surface area (Å²) in [6.45, 7) is -4.98. The minimum absolute atomic E-state index is 0.0330. The lowest BCUT2D eigenvalue weighted by molar-refractivity contribution is 0.476. The topological polar surface area (TPSA) is 20.2 Å².